The molecule has 0 fully saturated rings. The fraction of sp³-hybridized carbons (Fsp3) is 0.504. The maximum atomic E-state index is 13.5. The van der Waals surface area contributed by atoms with Crippen molar-refractivity contribution in [2.45, 2.75) is 435 Å². The van der Waals surface area contributed by atoms with Crippen LogP contribution in [0.15, 0.2) is 197 Å². The highest BCUT2D eigenvalue weighted by Crippen LogP contribution is 2.38. The quantitative estimate of drug-likeness (QED) is 0.0580. The minimum absolute atomic E-state index is 0.0192. The highest BCUT2D eigenvalue weighted by atomic mass is 79.9. The van der Waals surface area contributed by atoms with E-state index in [1.807, 2.05) is 107 Å². The van der Waals surface area contributed by atoms with Crippen LogP contribution < -0.4 is 4.74 Å². The van der Waals surface area contributed by atoms with Crippen molar-refractivity contribution in [2.24, 2.45) is 0 Å². The third-order valence-electron chi connectivity index (χ3n) is 25.8. The van der Waals surface area contributed by atoms with Gasteiger partial charge in [0.15, 0.2) is 11.6 Å². The van der Waals surface area contributed by atoms with E-state index in [0.29, 0.717) is 105 Å². The topological polar surface area (TPSA) is 9.23 Å². The molecule has 0 saturated carbocycles. The summed E-state index contributed by atoms with van der Waals surface area (Å²) in [7, 11) is 1.74. The third-order valence-corrected chi connectivity index (χ3v) is 27.8. The van der Waals surface area contributed by atoms with Crippen LogP contribution in [0.3, 0.4) is 0 Å². The van der Waals surface area contributed by atoms with E-state index in [0.717, 1.165) is 38.0 Å². The summed E-state index contributed by atoms with van der Waals surface area (Å²) in [6.45, 7) is 91.4. The summed E-state index contributed by atoms with van der Waals surface area (Å²) < 4.78 is 116. The monoisotopic (exact) mass is 2180 g/mol. The van der Waals surface area contributed by atoms with Gasteiger partial charge in [0.25, 0.3) is 0 Å². The summed E-state index contributed by atoms with van der Waals surface area (Å²) >= 11 is 19.6. The van der Waals surface area contributed by atoms with Crippen molar-refractivity contribution in [2.75, 3.05) is 7.11 Å². The molecule has 0 aromatic heterocycles. The molecular formula is C133H188Br2Cl2F8O. The van der Waals surface area contributed by atoms with Crippen LogP contribution in [0.25, 0.3) is 0 Å². The molecule has 0 aliphatic rings. The fourth-order valence-electron chi connectivity index (χ4n) is 15.5. The van der Waals surface area contributed by atoms with E-state index in [9.17, 15) is 35.1 Å². The summed E-state index contributed by atoms with van der Waals surface area (Å²) in [6.07, 6.45) is 0. The molecule has 146 heavy (non-hydrogen) atoms. The number of benzene rings is 11. The van der Waals surface area contributed by atoms with Crippen LogP contribution in [0.4, 0.5) is 35.1 Å². The molecule has 810 valence electrons. The molecule has 11 aromatic carbocycles. The summed E-state index contributed by atoms with van der Waals surface area (Å²) in [5.74, 6) is 6.14. The average molecular weight is 2190 g/mol. The average Bonchev–Trinajstić information content (AvgIpc) is 0.826. The van der Waals surface area contributed by atoms with Crippen molar-refractivity contribution >= 4 is 55.1 Å². The van der Waals surface area contributed by atoms with Crippen LogP contribution in [-0.4, -0.2) is 7.11 Å². The number of hydrogen-bond donors (Lipinski definition) is 0. The molecule has 0 atom stereocenters. The van der Waals surface area contributed by atoms with Gasteiger partial charge in [-0.2, -0.15) is 0 Å². The van der Waals surface area contributed by atoms with Crippen molar-refractivity contribution < 1.29 is 39.9 Å². The lowest BCUT2D eigenvalue weighted by atomic mass is 9.96. The molecular weight excluding hydrogens is 2000 g/mol. The van der Waals surface area contributed by atoms with E-state index in [2.05, 4.69) is 341 Å². The number of rotatable bonds is 23. The maximum absolute atomic E-state index is 13.5. The summed E-state index contributed by atoms with van der Waals surface area (Å²) in [4.78, 5) is 0. The third kappa shape index (κ3) is 46.2. The van der Waals surface area contributed by atoms with E-state index in [1.165, 1.54) is 100.0 Å². The van der Waals surface area contributed by atoms with E-state index in [4.69, 9.17) is 27.9 Å². The summed E-state index contributed by atoms with van der Waals surface area (Å²) in [6, 6.07) is 61.9. The molecule has 0 N–H and O–H groups in total. The molecule has 13 heteroatoms. The van der Waals surface area contributed by atoms with Gasteiger partial charge >= 0.3 is 0 Å². The Kier molecular flexibility index (Phi) is 62.3. The van der Waals surface area contributed by atoms with Crippen molar-refractivity contribution in [3.8, 4) is 5.75 Å². The Morgan fingerprint density at radius 3 is 0.527 bits per heavy atom. The Balaban J connectivity index is 0.000000803. The highest BCUT2D eigenvalue weighted by molar-refractivity contribution is 9.10. The van der Waals surface area contributed by atoms with Crippen LogP contribution in [0.1, 0.15) is 557 Å². The Labute approximate surface area is 911 Å². The first-order chi connectivity index (χ1) is 67.6. The maximum Gasteiger partial charge on any atom is 0.162 e. The Hall–Kier alpha value is -7.80. The normalized spacial score (nSPS) is 11.3. The number of methoxy groups -OCH3 is 1. The first kappa shape index (κ1) is 136. The van der Waals surface area contributed by atoms with Crippen molar-refractivity contribution in [1.82, 2.24) is 0 Å². The van der Waals surface area contributed by atoms with E-state index < -0.39 is 34.9 Å². The van der Waals surface area contributed by atoms with Gasteiger partial charge in [-0.25, -0.2) is 35.1 Å². The second kappa shape index (κ2) is 66.8. The molecule has 0 aliphatic heterocycles. The van der Waals surface area contributed by atoms with Crippen LogP contribution in [-0.2, 0) is 0 Å². The molecule has 1 nitrogen and oxygen atoms in total. The van der Waals surface area contributed by atoms with E-state index in [-0.39, 0.29) is 70.1 Å². The van der Waals surface area contributed by atoms with Gasteiger partial charge in [0.2, 0.25) is 0 Å². The highest BCUT2D eigenvalue weighted by Gasteiger charge is 2.22. The van der Waals surface area contributed by atoms with Crippen LogP contribution in [0, 0.1) is 46.5 Å². The first-order valence-corrected chi connectivity index (χ1v) is 55.9. The van der Waals surface area contributed by atoms with Gasteiger partial charge in [-0.1, -0.05) is 481 Å². The number of ether oxygens (including phenoxy) is 1. The van der Waals surface area contributed by atoms with Gasteiger partial charge in [0.05, 0.1) is 7.11 Å². The zero-order valence-electron chi connectivity index (χ0n) is 98.0. The molecule has 0 radical (unpaired) electrons. The smallest absolute Gasteiger partial charge is 0.162 e. The summed E-state index contributed by atoms with van der Waals surface area (Å²) in [5, 5.41) is 1.81. The molecule has 11 aromatic rings. The van der Waals surface area contributed by atoms with E-state index >= 15 is 0 Å². The van der Waals surface area contributed by atoms with Gasteiger partial charge < -0.3 is 4.74 Å². The first-order valence-electron chi connectivity index (χ1n) is 53.6. The lowest BCUT2D eigenvalue weighted by Crippen LogP contribution is -2.02. The predicted octanol–water partition coefficient (Wildman–Crippen LogP) is 47.2. The summed E-state index contributed by atoms with van der Waals surface area (Å²) in [5.41, 5.74) is 22.7. The standard InChI is InChI=1S/C13H20O.2C12H17Br.2C12H17Cl.3C12H16F2.2C12H17F.C12H18/c1-9(2)11-6-7-12(10(3)4)13(8-11)14-5;4*1-8(2)10-5-6-11(9(3)4)12(13)7-10;2*1-7(2)9-5-10(13)12(8(3)4)11(14)6-9;1-7(2)9-5-6-10(8(3)4)12(14)11(9)13;2*1-8(2)10-5-6-11(9(3)4)12(13)7-10;1-9(2)11-5-7-12(8-6-11)10(3)4/h6-10H,1-5H3;4*5-9H,1-4H3;3*5-8H,1-4H3;2*5-9H,1-4H3;5-10H,1-4H3. The van der Waals surface area contributed by atoms with Crippen LogP contribution >= 0.6 is 55.1 Å². The zero-order valence-corrected chi connectivity index (χ0v) is 103. The van der Waals surface area contributed by atoms with Crippen LogP contribution in [0.5, 0.6) is 5.75 Å². The lowest BCUT2D eigenvalue weighted by molar-refractivity contribution is 0.406. The second-order valence-electron chi connectivity index (χ2n) is 45.4. The molecule has 0 aliphatic carbocycles. The molecule has 0 saturated heterocycles. The van der Waals surface area contributed by atoms with E-state index in [1.54, 1.807) is 59.1 Å². The number of halogens is 12. The van der Waals surface area contributed by atoms with Gasteiger partial charge in [0, 0.05) is 30.1 Å². The Morgan fingerprint density at radius 1 is 0.171 bits per heavy atom. The number of hydrogen-bond acceptors (Lipinski definition) is 1. The molecule has 0 unspecified atom stereocenters. The molecule has 0 heterocycles. The van der Waals surface area contributed by atoms with Gasteiger partial charge in [0.1, 0.15) is 40.7 Å². The van der Waals surface area contributed by atoms with Crippen LogP contribution in [0.2, 0.25) is 10.0 Å². The predicted molar refractivity (Wildman–Crippen MR) is 632 cm³/mol. The van der Waals surface area contributed by atoms with Crippen molar-refractivity contribution in [3.63, 3.8) is 0 Å². The molecule has 11 rings (SSSR count). The Bertz CT molecular complexity index is 4990. The zero-order chi connectivity index (χ0) is 113. The molecule has 0 amide bonds. The molecule has 0 bridgehead atoms. The molecule has 0 spiro atoms. The Morgan fingerprint density at radius 2 is 0.342 bits per heavy atom. The minimum atomic E-state index is -0.689. The minimum Gasteiger partial charge on any atom is -0.496 e. The van der Waals surface area contributed by atoms with Crippen molar-refractivity contribution in [1.29, 1.82) is 0 Å². The second-order valence-corrected chi connectivity index (χ2v) is 47.9. The van der Waals surface area contributed by atoms with Gasteiger partial charge in [-0.3, -0.25) is 0 Å². The largest absolute Gasteiger partial charge is 0.496 e. The van der Waals surface area contributed by atoms with Crippen molar-refractivity contribution in [3.05, 3.63) is 376 Å². The lowest BCUT2D eigenvalue weighted by Gasteiger charge is -2.14. The fourth-order valence-corrected chi connectivity index (χ4v) is 18.0. The SMILES string of the molecule is CC(C)c1cc(F)c(C(C)C)c(F)c1.CC(C)c1cc(F)c(C(C)C)c(F)c1.CC(C)c1ccc(C(C)C)c(Br)c1.CC(C)c1ccc(C(C)C)c(Br)c1.CC(C)c1ccc(C(C)C)c(Cl)c1.CC(C)c1ccc(C(C)C)c(Cl)c1.CC(C)c1ccc(C(C)C)c(F)c1.CC(C)c1ccc(C(C)C)c(F)c1.CC(C)c1ccc(C(C)C)c(F)c1F.CC(C)c1ccc(C(C)C)cc1.COc1cc(C(C)C)ccc1C(C)C. The van der Waals surface area contributed by atoms with Gasteiger partial charge in [-0.15, -0.1) is 0 Å². The van der Waals surface area contributed by atoms with Gasteiger partial charge in [-0.05, 0) is 308 Å².